The Morgan fingerprint density at radius 1 is 1.32 bits per heavy atom. The van der Waals surface area contributed by atoms with E-state index in [0.29, 0.717) is 0 Å². The highest BCUT2D eigenvalue weighted by Gasteiger charge is 2.31. The number of carbonyl (C=O) groups is 1. The minimum Gasteiger partial charge on any atom is -0.465 e. The number of carboxylic acid groups (broad SMARTS) is 1. The molecule has 3 aromatic rings. The van der Waals surface area contributed by atoms with Crippen molar-refractivity contribution < 1.29 is 23.1 Å². The molecule has 0 radical (unpaired) electrons. The van der Waals surface area contributed by atoms with Crippen LogP contribution in [0.3, 0.4) is 0 Å². The summed E-state index contributed by atoms with van der Waals surface area (Å²) in [4.78, 5) is 17.0. The van der Waals surface area contributed by atoms with E-state index < -0.39 is 17.8 Å². The van der Waals surface area contributed by atoms with Crippen LogP contribution < -0.4 is 4.90 Å². The predicted molar refractivity (Wildman–Crippen MR) is 97.7 cm³/mol. The number of rotatable bonds is 4. The number of aromatic nitrogens is 3. The first-order chi connectivity index (χ1) is 13.1. The van der Waals surface area contributed by atoms with Crippen molar-refractivity contribution in [1.29, 1.82) is 0 Å². The third kappa shape index (κ3) is 3.89. The van der Waals surface area contributed by atoms with Crippen molar-refractivity contribution >= 4 is 29.0 Å². The van der Waals surface area contributed by atoms with E-state index in [2.05, 4.69) is 10.1 Å². The number of hydrogen-bond donors (Lipinski definition) is 1. The molecule has 3 rings (SSSR count). The van der Waals surface area contributed by atoms with Gasteiger partial charge in [0, 0.05) is 6.07 Å². The Morgan fingerprint density at radius 3 is 2.64 bits per heavy atom. The standard InChI is InChI=1S/C18H16ClF3N4O2/c1-10(2)14-8-23-16-13(7-15(19)24-26(14)16)25(17(27)28)9-11-4-3-5-12(6-11)18(20,21)22/h3-8,10H,9H2,1-2H3,(H,27,28). The molecule has 1 amide bonds. The van der Waals surface area contributed by atoms with Crippen molar-refractivity contribution in [2.75, 3.05) is 4.90 Å². The normalized spacial score (nSPS) is 12.0. The molecule has 0 atom stereocenters. The lowest BCUT2D eigenvalue weighted by Crippen LogP contribution is -2.29. The fourth-order valence-corrected chi connectivity index (χ4v) is 3.00. The molecule has 0 bridgehead atoms. The first kappa shape index (κ1) is 19.9. The fourth-order valence-electron chi connectivity index (χ4n) is 2.82. The maximum Gasteiger partial charge on any atom is 0.416 e. The lowest BCUT2D eigenvalue weighted by atomic mass is 10.1. The monoisotopic (exact) mass is 412 g/mol. The Hall–Kier alpha value is -2.81. The van der Waals surface area contributed by atoms with Gasteiger partial charge in [0.1, 0.15) is 0 Å². The number of amides is 1. The van der Waals surface area contributed by atoms with Crippen LogP contribution in [0.25, 0.3) is 5.65 Å². The molecule has 1 N–H and O–H groups in total. The maximum atomic E-state index is 13.0. The minimum absolute atomic E-state index is 0.0395. The van der Waals surface area contributed by atoms with E-state index in [4.69, 9.17) is 11.6 Å². The number of fused-ring (bicyclic) bond motifs is 1. The molecule has 6 nitrogen and oxygen atoms in total. The van der Waals surface area contributed by atoms with Crippen LogP contribution in [0.1, 0.15) is 36.6 Å². The highest BCUT2D eigenvalue weighted by molar-refractivity contribution is 6.29. The van der Waals surface area contributed by atoms with Crippen molar-refractivity contribution in [2.24, 2.45) is 0 Å². The third-order valence-electron chi connectivity index (χ3n) is 4.15. The van der Waals surface area contributed by atoms with Crippen LogP contribution in [-0.4, -0.2) is 25.8 Å². The van der Waals surface area contributed by atoms with Crippen molar-refractivity contribution in [1.82, 2.24) is 14.6 Å². The van der Waals surface area contributed by atoms with E-state index in [0.717, 1.165) is 22.7 Å². The van der Waals surface area contributed by atoms with Crippen LogP contribution >= 0.6 is 11.6 Å². The first-order valence-corrected chi connectivity index (χ1v) is 8.66. The van der Waals surface area contributed by atoms with Crippen LogP contribution in [-0.2, 0) is 12.7 Å². The Labute approximate surface area is 163 Å². The Balaban J connectivity index is 2.08. The van der Waals surface area contributed by atoms with E-state index in [1.54, 1.807) is 6.20 Å². The molecule has 148 valence electrons. The summed E-state index contributed by atoms with van der Waals surface area (Å²) < 4.78 is 40.3. The maximum absolute atomic E-state index is 13.0. The quantitative estimate of drug-likeness (QED) is 0.638. The van der Waals surface area contributed by atoms with Gasteiger partial charge in [0.15, 0.2) is 10.8 Å². The summed E-state index contributed by atoms with van der Waals surface area (Å²) in [5.74, 6) is 0.0514. The van der Waals surface area contributed by atoms with Crippen molar-refractivity contribution in [3.8, 4) is 0 Å². The molecule has 1 aromatic carbocycles. The molecule has 0 aliphatic rings. The Morgan fingerprint density at radius 2 is 2.04 bits per heavy atom. The molecule has 0 saturated heterocycles. The highest BCUT2D eigenvalue weighted by Crippen LogP contribution is 2.31. The summed E-state index contributed by atoms with van der Waals surface area (Å²) in [5, 5.41) is 13.9. The number of halogens is 4. The van der Waals surface area contributed by atoms with Gasteiger partial charge in [0.2, 0.25) is 0 Å². The van der Waals surface area contributed by atoms with Gasteiger partial charge in [0.05, 0.1) is 29.7 Å². The van der Waals surface area contributed by atoms with E-state index in [9.17, 15) is 23.1 Å². The highest BCUT2D eigenvalue weighted by atomic mass is 35.5. The van der Waals surface area contributed by atoms with Crippen molar-refractivity contribution in [3.63, 3.8) is 0 Å². The molecule has 2 heterocycles. The average molecular weight is 413 g/mol. The van der Waals surface area contributed by atoms with Gasteiger partial charge in [-0.3, -0.25) is 4.90 Å². The van der Waals surface area contributed by atoms with Gasteiger partial charge in [-0.2, -0.15) is 18.3 Å². The van der Waals surface area contributed by atoms with Gasteiger partial charge >= 0.3 is 12.3 Å². The Bertz CT molecular complexity index is 1030. The summed E-state index contributed by atoms with van der Waals surface area (Å²) in [6.45, 7) is 3.53. The number of nitrogens with zero attached hydrogens (tertiary/aromatic N) is 4. The van der Waals surface area contributed by atoms with Gasteiger partial charge in [-0.05, 0) is 23.6 Å². The SMILES string of the molecule is CC(C)c1cnc2c(N(Cc3cccc(C(F)(F)F)c3)C(=O)O)cc(Cl)nn12. The molecule has 0 fully saturated rings. The number of imidazole rings is 1. The van der Waals surface area contributed by atoms with Gasteiger partial charge < -0.3 is 5.11 Å². The zero-order valence-corrected chi connectivity index (χ0v) is 15.7. The molecule has 0 spiro atoms. The van der Waals surface area contributed by atoms with E-state index in [1.807, 2.05) is 13.8 Å². The second-order valence-corrected chi connectivity index (χ2v) is 6.88. The lowest BCUT2D eigenvalue weighted by Gasteiger charge is -2.21. The molecule has 0 saturated carbocycles. The number of hydrogen-bond acceptors (Lipinski definition) is 3. The lowest BCUT2D eigenvalue weighted by molar-refractivity contribution is -0.137. The fraction of sp³-hybridized carbons (Fsp3) is 0.278. The molecule has 2 aromatic heterocycles. The summed E-state index contributed by atoms with van der Waals surface area (Å²) >= 11 is 6.07. The van der Waals surface area contributed by atoms with E-state index in [-0.39, 0.29) is 34.5 Å². The average Bonchev–Trinajstić information content (AvgIpc) is 3.02. The third-order valence-corrected chi connectivity index (χ3v) is 4.34. The smallest absolute Gasteiger partial charge is 0.416 e. The largest absolute Gasteiger partial charge is 0.465 e. The van der Waals surface area contributed by atoms with E-state index in [1.165, 1.54) is 22.7 Å². The van der Waals surface area contributed by atoms with Gasteiger partial charge in [0.25, 0.3) is 0 Å². The van der Waals surface area contributed by atoms with Gasteiger partial charge in [-0.15, -0.1) is 0 Å². The number of alkyl halides is 3. The van der Waals surface area contributed by atoms with Crippen LogP contribution in [0, 0.1) is 0 Å². The van der Waals surface area contributed by atoms with Crippen molar-refractivity contribution in [2.45, 2.75) is 32.5 Å². The molecule has 28 heavy (non-hydrogen) atoms. The molecular weight excluding hydrogens is 397 g/mol. The summed E-state index contributed by atoms with van der Waals surface area (Å²) in [6, 6.07) is 5.84. The topological polar surface area (TPSA) is 70.7 Å². The van der Waals surface area contributed by atoms with Crippen LogP contribution in [0.2, 0.25) is 5.15 Å². The molecular formula is C18H16ClF3N4O2. The summed E-state index contributed by atoms with van der Waals surface area (Å²) in [7, 11) is 0. The number of anilines is 1. The Kier molecular flexibility index (Phi) is 5.20. The summed E-state index contributed by atoms with van der Waals surface area (Å²) in [5.41, 5.74) is 0.442. The van der Waals surface area contributed by atoms with Crippen molar-refractivity contribution in [3.05, 3.63) is 58.5 Å². The molecule has 10 heteroatoms. The van der Waals surface area contributed by atoms with Crippen LogP contribution in [0.15, 0.2) is 36.5 Å². The molecule has 0 unspecified atom stereocenters. The zero-order valence-electron chi connectivity index (χ0n) is 14.9. The first-order valence-electron chi connectivity index (χ1n) is 8.28. The van der Waals surface area contributed by atoms with Gasteiger partial charge in [-0.1, -0.05) is 37.6 Å². The van der Waals surface area contributed by atoms with E-state index >= 15 is 0 Å². The second-order valence-electron chi connectivity index (χ2n) is 6.49. The predicted octanol–water partition coefficient (Wildman–Crippen LogP) is 5.21. The van der Waals surface area contributed by atoms with Crippen LogP contribution in [0.4, 0.5) is 23.7 Å². The minimum atomic E-state index is -4.52. The molecule has 0 aliphatic carbocycles. The second kappa shape index (κ2) is 7.31. The summed E-state index contributed by atoms with van der Waals surface area (Å²) in [6.07, 6.45) is -4.31. The molecule has 0 aliphatic heterocycles. The number of benzene rings is 1. The zero-order chi connectivity index (χ0) is 20.6. The van der Waals surface area contributed by atoms with Crippen LogP contribution in [0.5, 0.6) is 0 Å². The van der Waals surface area contributed by atoms with Gasteiger partial charge in [-0.25, -0.2) is 14.3 Å².